The Hall–Kier alpha value is -1.13. The molecule has 0 aliphatic heterocycles. The van der Waals surface area contributed by atoms with Crippen molar-refractivity contribution in [1.29, 1.82) is 0 Å². The van der Waals surface area contributed by atoms with Crippen molar-refractivity contribution in [2.24, 2.45) is 0 Å². The monoisotopic (exact) mass is 271 g/mol. The third-order valence-electron chi connectivity index (χ3n) is 2.08. The number of aromatic nitrogens is 1. The average Bonchev–Trinajstić information content (AvgIpc) is 2.30. The minimum Gasteiger partial charge on any atom is -0.245 e. The Morgan fingerprint density at radius 2 is 2.00 bits per heavy atom. The lowest BCUT2D eigenvalue weighted by atomic mass is 10.3. The molecule has 0 bridgehead atoms. The number of hydrogen-bond donors (Lipinski definition) is 0. The fraction of sp³-hybridized carbons (Fsp3) is 0.0833. The molecular formula is C12H8ClF2NS. The van der Waals surface area contributed by atoms with Crippen LogP contribution in [0, 0.1) is 11.6 Å². The highest BCUT2D eigenvalue weighted by molar-refractivity contribution is 7.98. The zero-order valence-electron chi connectivity index (χ0n) is 8.66. The molecule has 1 aromatic carbocycles. The van der Waals surface area contributed by atoms with Gasteiger partial charge in [0, 0.05) is 16.8 Å². The van der Waals surface area contributed by atoms with Crippen molar-refractivity contribution in [2.45, 2.75) is 10.6 Å². The predicted molar refractivity (Wildman–Crippen MR) is 65.2 cm³/mol. The van der Waals surface area contributed by atoms with Gasteiger partial charge in [-0.3, -0.25) is 0 Å². The minimum absolute atomic E-state index is 0.290. The highest BCUT2D eigenvalue weighted by Crippen LogP contribution is 2.26. The molecule has 0 fully saturated rings. The van der Waals surface area contributed by atoms with E-state index in [1.165, 1.54) is 17.8 Å². The SMILES string of the molecule is Fc1ccc(F)c(SCc2ccnc(Cl)c2)c1. The summed E-state index contributed by atoms with van der Waals surface area (Å²) < 4.78 is 26.3. The maximum atomic E-state index is 13.3. The molecular weight excluding hydrogens is 264 g/mol. The second kappa shape index (κ2) is 5.47. The number of pyridine rings is 1. The van der Waals surface area contributed by atoms with E-state index in [1.807, 2.05) is 0 Å². The van der Waals surface area contributed by atoms with Crippen LogP contribution in [-0.2, 0) is 5.75 Å². The summed E-state index contributed by atoms with van der Waals surface area (Å²) >= 11 is 6.95. The molecule has 0 aliphatic carbocycles. The third-order valence-corrected chi connectivity index (χ3v) is 3.39. The third kappa shape index (κ3) is 3.41. The normalized spacial score (nSPS) is 10.5. The van der Waals surface area contributed by atoms with E-state index in [9.17, 15) is 8.78 Å². The van der Waals surface area contributed by atoms with Gasteiger partial charge in [0.2, 0.25) is 0 Å². The van der Waals surface area contributed by atoms with Gasteiger partial charge < -0.3 is 0 Å². The first kappa shape index (κ1) is 12.3. The molecule has 0 saturated heterocycles. The van der Waals surface area contributed by atoms with E-state index < -0.39 is 11.6 Å². The number of rotatable bonds is 3. The summed E-state index contributed by atoms with van der Waals surface area (Å²) in [7, 11) is 0. The topological polar surface area (TPSA) is 12.9 Å². The Morgan fingerprint density at radius 3 is 2.76 bits per heavy atom. The van der Waals surface area contributed by atoms with E-state index in [1.54, 1.807) is 18.3 Å². The summed E-state index contributed by atoms with van der Waals surface area (Å²) in [6.45, 7) is 0. The summed E-state index contributed by atoms with van der Waals surface area (Å²) in [6.07, 6.45) is 1.58. The second-order valence-electron chi connectivity index (χ2n) is 3.35. The average molecular weight is 272 g/mol. The molecule has 0 spiro atoms. The van der Waals surface area contributed by atoms with E-state index in [2.05, 4.69) is 4.98 Å². The van der Waals surface area contributed by atoms with E-state index >= 15 is 0 Å². The van der Waals surface area contributed by atoms with Gasteiger partial charge in [0.1, 0.15) is 16.8 Å². The van der Waals surface area contributed by atoms with Crippen LogP contribution in [0.1, 0.15) is 5.56 Å². The molecule has 0 N–H and O–H groups in total. The van der Waals surface area contributed by atoms with E-state index in [4.69, 9.17) is 11.6 Å². The van der Waals surface area contributed by atoms with Gasteiger partial charge in [-0.15, -0.1) is 11.8 Å². The van der Waals surface area contributed by atoms with Gasteiger partial charge in [0.25, 0.3) is 0 Å². The summed E-state index contributed by atoms with van der Waals surface area (Å²) in [5.41, 5.74) is 0.915. The summed E-state index contributed by atoms with van der Waals surface area (Å²) in [5, 5.41) is 0.391. The standard InChI is InChI=1S/C12H8ClF2NS/c13-12-5-8(3-4-16-12)7-17-11-6-9(14)1-2-10(11)15/h1-6H,7H2. The van der Waals surface area contributed by atoms with Crippen molar-refractivity contribution in [3.05, 3.63) is 58.9 Å². The van der Waals surface area contributed by atoms with Gasteiger partial charge >= 0.3 is 0 Å². The van der Waals surface area contributed by atoms with Gasteiger partial charge in [0.15, 0.2) is 0 Å². The zero-order valence-corrected chi connectivity index (χ0v) is 10.2. The van der Waals surface area contributed by atoms with Crippen LogP contribution in [-0.4, -0.2) is 4.98 Å². The molecule has 5 heteroatoms. The molecule has 0 unspecified atom stereocenters. The lowest BCUT2D eigenvalue weighted by Gasteiger charge is -2.03. The number of hydrogen-bond acceptors (Lipinski definition) is 2. The Bertz CT molecular complexity index is 534. The van der Waals surface area contributed by atoms with E-state index in [0.717, 1.165) is 17.7 Å². The number of benzene rings is 1. The molecule has 2 rings (SSSR count). The molecule has 0 amide bonds. The van der Waals surface area contributed by atoms with Crippen molar-refractivity contribution in [1.82, 2.24) is 4.98 Å². The van der Waals surface area contributed by atoms with Crippen LogP contribution in [0.5, 0.6) is 0 Å². The molecule has 88 valence electrons. The Balaban J connectivity index is 2.09. The maximum Gasteiger partial charge on any atom is 0.136 e. The van der Waals surface area contributed by atoms with Crippen LogP contribution in [0.4, 0.5) is 8.78 Å². The number of halogens is 3. The highest BCUT2D eigenvalue weighted by atomic mass is 35.5. The van der Waals surface area contributed by atoms with Gasteiger partial charge in [0.05, 0.1) is 0 Å². The smallest absolute Gasteiger partial charge is 0.136 e. The Kier molecular flexibility index (Phi) is 3.97. The molecule has 0 aliphatic rings. The summed E-state index contributed by atoms with van der Waals surface area (Å²) in [5.74, 6) is -0.346. The molecule has 0 atom stereocenters. The molecule has 1 heterocycles. The molecule has 2 aromatic rings. The lowest BCUT2D eigenvalue weighted by molar-refractivity contribution is 0.577. The van der Waals surface area contributed by atoms with Crippen LogP contribution >= 0.6 is 23.4 Å². The van der Waals surface area contributed by atoms with Crippen LogP contribution in [0.15, 0.2) is 41.4 Å². The maximum absolute atomic E-state index is 13.3. The van der Waals surface area contributed by atoms with Crippen LogP contribution < -0.4 is 0 Å². The summed E-state index contributed by atoms with van der Waals surface area (Å²) in [6, 6.07) is 6.89. The van der Waals surface area contributed by atoms with Crippen molar-refractivity contribution in [2.75, 3.05) is 0 Å². The van der Waals surface area contributed by atoms with Crippen LogP contribution in [0.25, 0.3) is 0 Å². The second-order valence-corrected chi connectivity index (χ2v) is 4.75. The molecule has 1 aromatic heterocycles. The number of thioether (sulfide) groups is 1. The zero-order chi connectivity index (χ0) is 12.3. The van der Waals surface area contributed by atoms with Gasteiger partial charge in [-0.25, -0.2) is 13.8 Å². The van der Waals surface area contributed by atoms with Crippen LogP contribution in [0.2, 0.25) is 5.15 Å². The largest absolute Gasteiger partial charge is 0.245 e. The first-order valence-corrected chi connectivity index (χ1v) is 6.20. The number of nitrogens with zero attached hydrogens (tertiary/aromatic N) is 1. The van der Waals surface area contributed by atoms with Crippen molar-refractivity contribution in [3.63, 3.8) is 0 Å². The quantitative estimate of drug-likeness (QED) is 0.610. The first-order valence-electron chi connectivity index (χ1n) is 4.83. The van der Waals surface area contributed by atoms with Gasteiger partial charge in [-0.05, 0) is 35.9 Å². The van der Waals surface area contributed by atoms with Crippen LogP contribution in [0.3, 0.4) is 0 Å². The Labute approximate surface area is 107 Å². The predicted octanol–water partition coefficient (Wildman–Crippen LogP) is 4.31. The first-order chi connectivity index (χ1) is 8.15. The molecule has 17 heavy (non-hydrogen) atoms. The molecule has 1 nitrogen and oxygen atoms in total. The van der Waals surface area contributed by atoms with Crippen molar-refractivity contribution < 1.29 is 8.78 Å². The highest BCUT2D eigenvalue weighted by Gasteiger charge is 2.05. The lowest BCUT2D eigenvalue weighted by Crippen LogP contribution is -1.86. The fourth-order valence-corrected chi connectivity index (χ4v) is 2.38. The van der Waals surface area contributed by atoms with Crippen molar-refractivity contribution in [3.8, 4) is 0 Å². The fourth-order valence-electron chi connectivity index (χ4n) is 1.28. The molecule has 0 saturated carbocycles. The van der Waals surface area contributed by atoms with Gasteiger partial charge in [-0.1, -0.05) is 11.6 Å². The van der Waals surface area contributed by atoms with E-state index in [-0.39, 0.29) is 4.90 Å². The summed E-state index contributed by atoms with van der Waals surface area (Å²) in [4.78, 5) is 4.14. The minimum atomic E-state index is -0.443. The van der Waals surface area contributed by atoms with Crippen molar-refractivity contribution >= 4 is 23.4 Å². The molecule has 0 radical (unpaired) electrons. The van der Waals surface area contributed by atoms with E-state index in [0.29, 0.717) is 10.9 Å². The Morgan fingerprint density at radius 1 is 1.18 bits per heavy atom. The van der Waals surface area contributed by atoms with Gasteiger partial charge in [-0.2, -0.15) is 0 Å².